The molecular formula is C10H11N3O4. The summed E-state index contributed by atoms with van der Waals surface area (Å²) >= 11 is 0. The Morgan fingerprint density at radius 3 is 2.24 bits per heavy atom. The van der Waals surface area contributed by atoms with Gasteiger partial charge in [-0.2, -0.15) is 0 Å². The molecule has 1 atom stereocenters. The average molecular weight is 237 g/mol. The number of likely N-dealkylation sites (N-methyl/N-ethyl adjacent to an activating group) is 1. The Labute approximate surface area is 96.8 Å². The summed E-state index contributed by atoms with van der Waals surface area (Å²) in [6.45, 7) is 0. The summed E-state index contributed by atoms with van der Waals surface area (Å²) in [7, 11) is 1.38. The van der Waals surface area contributed by atoms with E-state index in [0.29, 0.717) is 5.56 Å². The van der Waals surface area contributed by atoms with Gasteiger partial charge in [0, 0.05) is 19.2 Å². The molecule has 0 spiro atoms. The molecule has 0 aliphatic rings. The molecule has 0 aromatic heterocycles. The van der Waals surface area contributed by atoms with E-state index >= 15 is 0 Å². The quantitative estimate of drug-likeness (QED) is 0.432. The van der Waals surface area contributed by atoms with E-state index in [1.807, 2.05) is 0 Å². The highest BCUT2D eigenvalue weighted by Gasteiger charge is 2.25. The number of nitrogens with two attached hydrogens (primary N) is 1. The van der Waals surface area contributed by atoms with E-state index in [2.05, 4.69) is 5.32 Å². The van der Waals surface area contributed by atoms with E-state index in [1.54, 1.807) is 0 Å². The topological polar surface area (TPSA) is 115 Å². The molecule has 0 radical (unpaired) electrons. The normalized spacial score (nSPS) is 11.6. The highest BCUT2D eigenvalue weighted by molar-refractivity contribution is 6.04. The van der Waals surface area contributed by atoms with Crippen LogP contribution in [0.4, 0.5) is 5.69 Å². The zero-order chi connectivity index (χ0) is 13.0. The van der Waals surface area contributed by atoms with E-state index in [4.69, 9.17) is 5.73 Å². The molecule has 0 aliphatic heterocycles. The number of primary amides is 1. The van der Waals surface area contributed by atoms with Gasteiger partial charge in [0.25, 0.3) is 5.69 Å². The number of nitro groups is 1. The fraction of sp³-hybridized carbons (Fsp3) is 0.200. The Hall–Kier alpha value is -2.44. The van der Waals surface area contributed by atoms with Crippen LogP contribution in [0.15, 0.2) is 24.3 Å². The molecule has 0 bridgehead atoms. The van der Waals surface area contributed by atoms with Crippen LogP contribution in [0.1, 0.15) is 11.5 Å². The van der Waals surface area contributed by atoms with Gasteiger partial charge in [-0.05, 0) is 5.56 Å². The van der Waals surface area contributed by atoms with Gasteiger partial charge in [0.2, 0.25) is 11.8 Å². The molecule has 17 heavy (non-hydrogen) atoms. The monoisotopic (exact) mass is 237 g/mol. The van der Waals surface area contributed by atoms with Gasteiger partial charge in [-0.1, -0.05) is 12.1 Å². The van der Waals surface area contributed by atoms with Crippen LogP contribution in [-0.4, -0.2) is 23.8 Å². The molecule has 1 aromatic carbocycles. The van der Waals surface area contributed by atoms with E-state index in [0.717, 1.165) is 0 Å². The van der Waals surface area contributed by atoms with Gasteiger partial charge in [-0.25, -0.2) is 0 Å². The van der Waals surface area contributed by atoms with Crippen LogP contribution >= 0.6 is 0 Å². The molecule has 0 aliphatic carbocycles. The van der Waals surface area contributed by atoms with Crippen molar-refractivity contribution >= 4 is 17.5 Å². The van der Waals surface area contributed by atoms with E-state index in [1.165, 1.54) is 31.3 Å². The molecule has 1 aromatic rings. The van der Waals surface area contributed by atoms with Gasteiger partial charge >= 0.3 is 0 Å². The molecule has 7 nitrogen and oxygen atoms in total. The number of amides is 2. The van der Waals surface area contributed by atoms with E-state index in [9.17, 15) is 19.7 Å². The summed E-state index contributed by atoms with van der Waals surface area (Å²) in [5.74, 6) is -2.50. The molecule has 0 saturated carbocycles. The Morgan fingerprint density at radius 2 is 1.88 bits per heavy atom. The molecule has 0 fully saturated rings. The van der Waals surface area contributed by atoms with Crippen molar-refractivity contribution in [3.05, 3.63) is 39.9 Å². The second-order valence-electron chi connectivity index (χ2n) is 3.30. The molecule has 3 N–H and O–H groups in total. The van der Waals surface area contributed by atoms with Crippen molar-refractivity contribution < 1.29 is 14.5 Å². The van der Waals surface area contributed by atoms with Crippen LogP contribution in [0.3, 0.4) is 0 Å². The second-order valence-corrected chi connectivity index (χ2v) is 3.30. The molecule has 2 amide bonds. The Morgan fingerprint density at radius 1 is 1.35 bits per heavy atom. The van der Waals surface area contributed by atoms with Crippen molar-refractivity contribution in [2.24, 2.45) is 5.73 Å². The number of nitro benzene ring substituents is 1. The molecule has 0 saturated heterocycles. The number of carbonyl (C=O) groups excluding carboxylic acids is 2. The predicted octanol–water partition coefficient (Wildman–Crippen LogP) is -0.0903. The van der Waals surface area contributed by atoms with Crippen LogP contribution in [-0.2, 0) is 9.59 Å². The lowest BCUT2D eigenvalue weighted by Gasteiger charge is -2.11. The van der Waals surface area contributed by atoms with Crippen molar-refractivity contribution in [2.45, 2.75) is 5.92 Å². The number of nitrogens with one attached hydrogen (secondary N) is 1. The number of nitrogens with zero attached hydrogens (tertiary/aromatic N) is 1. The standard InChI is InChI=1S/C10H11N3O4/c1-12-10(15)8(9(11)14)6-2-4-7(5-3-6)13(16)17/h2-5,8H,1H3,(H2,11,14)(H,12,15). The van der Waals surface area contributed by atoms with Crippen LogP contribution in [0.25, 0.3) is 0 Å². The van der Waals surface area contributed by atoms with Crippen LogP contribution in [0, 0.1) is 10.1 Å². The molecule has 1 unspecified atom stereocenters. The number of hydrogen-bond acceptors (Lipinski definition) is 4. The number of hydrogen-bond donors (Lipinski definition) is 2. The number of rotatable bonds is 4. The van der Waals surface area contributed by atoms with Gasteiger partial charge in [0.1, 0.15) is 5.92 Å². The zero-order valence-corrected chi connectivity index (χ0v) is 9.04. The summed E-state index contributed by atoms with van der Waals surface area (Å²) in [6.07, 6.45) is 0. The number of carbonyl (C=O) groups is 2. The zero-order valence-electron chi connectivity index (χ0n) is 9.04. The fourth-order valence-corrected chi connectivity index (χ4v) is 1.38. The first kappa shape index (κ1) is 12.6. The second kappa shape index (κ2) is 5.06. The van der Waals surface area contributed by atoms with Crippen LogP contribution < -0.4 is 11.1 Å². The van der Waals surface area contributed by atoms with Gasteiger partial charge < -0.3 is 11.1 Å². The summed E-state index contributed by atoms with van der Waals surface area (Å²) < 4.78 is 0. The first-order valence-electron chi connectivity index (χ1n) is 4.72. The fourth-order valence-electron chi connectivity index (χ4n) is 1.38. The van der Waals surface area contributed by atoms with E-state index in [-0.39, 0.29) is 5.69 Å². The third-order valence-corrected chi connectivity index (χ3v) is 2.23. The maximum absolute atomic E-state index is 11.4. The van der Waals surface area contributed by atoms with Crippen LogP contribution in [0.5, 0.6) is 0 Å². The summed E-state index contributed by atoms with van der Waals surface area (Å²) in [5, 5.41) is 12.7. The largest absolute Gasteiger partial charge is 0.369 e. The lowest BCUT2D eigenvalue weighted by atomic mass is 9.97. The summed E-state index contributed by atoms with van der Waals surface area (Å²) in [5.41, 5.74) is 5.31. The lowest BCUT2D eigenvalue weighted by Crippen LogP contribution is -2.35. The first-order valence-corrected chi connectivity index (χ1v) is 4.72. The maximum atomic E-state index is 11.4. The SMILES string of the molecule is CNC(=O)C(C(N)=O)c1ccc([N+](=O)[O-])cc1. The highest BCUT2D eigenvalue weighted by atomic mass is 16.6. The molecule has 90 valence electrons. The Kier molecular flexibility index (Phi) is 3.76. The third kappa shape index (κ3) is 2.77. The first-order chi connectivity index (χ1) is 7.97. The molecule has 7 heteroatoms. The van der Waals surface area contributed by atoms with Gasteiger partial charge in [0.05, 0.1) is 4.92 Å². The van der Waals surface area contributed by atoms with Gasteiger partial charge in [0.15, 0.2) is 0 Å². The van der Waals surface area contributed by atoms with Crippen molar-refractivity contribution in [3.8, 4) is 0 Å². The molecule has 0 heterocycles. The van der Waals surface area contributed by atoms with Crippen molar-refractivity contribution in [1.82, 2.24) is 5.32 Å². The third-order valence-electron chi connectivity index (χ3n) is 2.23. The molecule has 1 rings (SSSR count). The number of non-ortho nitro benzene ring substituents is 1. The summed E-state index contributed by atoms with van der Waals surface area (Å²) in [6, 6.07) is 5.11. The maximum Gasteiger partial charge on any atom is 0.269 e. The molecular weight excluding hydrogens is 226 g/mol. The van der Waals surface area contributed by atoms with E-state index < -0.39 is 22.7 Å². The van der Waals surface area contributed by atoms with Gasteiger partial charge in [-0.15, -0.1) is 0 Å². The summed E-state index contributed by atoms with van der Waals surface area (Å²) in [4.78, 5) is 32.4. The minimum absolute atomic E-state index is 0.117. The van der Waals surface area contributed by atoms with Crippen molar-refractivity contribution in [1.29, 1.82) is 0 Å². The average Bonchev–Trinajstić information content (AvgIpc) is 2.29. The van der Waals surface area contributed by atoms with Gasteiger partial charge in [-0.3, -0.25) is 19.7 Å². The predicted molar refractivity (Wildman–Crippen MR) is 59.1 cm³/mol. The number of benzene rings is 1. The smallest absolute Gasteiger partial charge is 0.269 e. The van der Waals surface area contributed by atoms with Crippen molar-refractivity contribution in [2.75, 3.05) is 7.05 Å². The Bertz CT molecular complexity index is 455. The minimum atomic E-state index is -1.14. The van der Waals surface area contributed by atoms with Crippen molar-refractivity contribution in [3.63, 3.8) is 0 Å². The Balaban J connectivity index is 3.08. The minimum Gasteiger partial charge on any atom is -0.369 e. The lowest BCUT2D eigenvalue weighted by molar-refractivity contribution is -0.384. The highest BCUT2D eigenvalue weighted by Crippen LogP contribution is 2.19. The van der Waals surface area contributed by atoms with Crippen LogP contribution in [0.2, 0.25) is 0 Å².